The van der Waals surface area contributed by atoms with Crippen LogP contribution in [0.4, 0.5) is 22.0 Å². The minimum atomic E-state index is -4.35. The molecule has 0 aliphatic carbocycles. The van der Waals surface area contributed by atoms with E-state index < -0.39 is 42.9 Å². The number of pyridine rings is 2. The molecule has 250 valence electrons. The van der Waals surface area contributed by atoms with E-state index in [0.717, 1.165) is 18.2 Å². The van der Waals surface area contributed by atoms with E-state index in [4.69, 9.17) is 9.72 Å². The quantitative estimate of drug-likeness (QED) is 0.116. The molecule has 0 bridgehead atoms. The number of rotatable bonds is 10. The molecule has 1 unspecified atom stereocenters. The monoisotopic (exact) mass is 684 g/mol. The Morgan fingerprint density at radius 2 is 2.04 bits per heavy atom. The molecule has 1 amide bonds. The summed E-state index contributed by atoms with van der Waals surface area (Å²) in [5, 5.41) is 21.8. The van der Waals surface area contributed by atoms with Crippen LogP contribution in [0.1, 0.15) is 29.9 Å². The molecule has 15 heteroatoms. The molecule has 0 saturated carbocycles. The van der Waals surface area contributed by atoms with Crippen LogP contribution >= 0.6 is 11.3 Å². The van der Waals surface area contributed by atoms with E-state index in [2.05, 4.69) is 27.1 Å². The number of aromatic nitrogens is 4. The lowest BCUT2D eigenvalue weighted by atomic mass is 9.95. The summed E-state index contributed by atoms with van der Waals surface area (Å²) in [5.74, 6) is -2.38. The Balaban J connectivity index is 1.55. The molecule has 1 aliphatic rings. The summed E-state index contributed by atoms with van der Waals surface area (Å²) in [4.78, 5) is 22.8. The number of aliphatic hydroxyl groups is 1. The van der Waals surface area contributed by atoms with Gasteiger partial charge in [0, 0.05) is 64.7 Å². The number of carbonyl (C=O) groups excluding carboxylic acids is 1. The number of H-pyrrole nitrogens is 1. The maximum atomic E-state index is 15.9. The van der Waals surface area contributed by atoms with Gasteiger partial charge in [-0.15, -0.1) is 11.3 Å². The second kappa shape index (κ2) is 13.4. The van der Waals surface area contributed by atoms with Gasteiger partial charge >= 0.3 is 6.18 Å². The summed E-state index contributed by atoms with van der Waals surface area (Å²) in [6.07, 6.45) is -1.25. The Hall–Kier alpha value is -4.73. The molecule has 0 saturated heterocycles. The van der Waals surface area contributed by atoms with E-state index in [-0.39, 0.29) is 48.0 Å². The van der Waals surface area contributed by atoms with E-state index >= 15 is 4.39 Å². The van der Waals surface area contributed by atoms with Gasteiger partial charge in [-0.05, 0) is 42.1 Å². The maximum absolute atomic E-state index is 15.9. The fourth-order valence-corrected chi connectivity index (χ4v) is 6.71. The highest BCUT2D eigenvalue weighted by Crippen LogP contribution is 2.47. The van der Waals surface area contributed by atoms with Crippen molar-refractivity contribution < 1.29 is 36.6 Å². The number of fused-ring (bicyclic) bond motifs is 2. The first-order valence-corrected chi connectivity index (χ1v) is 15.7. The summed E-state index contributed by atoms with van der Waals surface area (Å²) in [6, 6.07) is 6.41. The standard InChI is InChI=1S/C33H29F5N6O3S/c1-3-27(46)40-17(2)24-13-25(43-42-24)31-29(28-22(35)11-20(34)12-26(28)47-8-7-45)32-21(5-9-48-32)30(41-31)18-10-19-15-44(16-33(36,37)38)6-4-23(19)39-14-18/h3,5,9-14,17,45H,1,4,6-8,15-16H2,2H3,(H,40,46)(H,42,43). The number of hydrogen-bond donors (Lipinski definition) is 3. The van der Waals surface area contributed by atoms with E-state index in [1.54, 1.807) is 36.7 Å². The lowest BCUT2D eigenvalue weighted by Gasteiger charge is -2.29. The van der Waals surface area contributed by atoms with Crippen LogP contribution in [-0.2, 0) is 17.8 Å². The van der Waals surface area contributed by atoms with Crippen molar-refractivity contribution in [2.45, 2.75) is 32.1 Å². The summed E-state index contributed by atoms with van der Waals surface area (Å²) in [7, 11) is 0. The third-order valence-corrected chi connectivity index (χ3v) is 8.80. The molecule has 0 spiro atoms. The third kappa shape index (κ3) is 6.79. The maximum Gasteiger partial charge on any atom is 0.401 e. The first-order chi connectivity index (χ1) is 23.0. The van der Waals surface area contributed by atoms with Gasteiger partial charge in [0.15, 0.2) is 0 Å². The Morgan fingerprint density at radius 1 is 1.23 bits per heavy atom. The molecule has 5 aromatic rings. The number of benzene rings is 1. The zero-order valence-corrected chi connectivity index (χ0v) is 26.3. The van der Waals surface area contributed by atoms with Crippen LogP contribution in [0.5, 0.6) is 5.75 Å². The summed E-state index contributed by atoms with van der Waals surface area (Å²) in [5.41, 5.74) is 3.36. The minimum Gasteiger partial charge on any atom is -0.490 e. The average Bonchev–Trinajstić information content (AvgIpc) is 3.73. The molecular weight excluding hydrogens is 655 g/mol. The van der Waals surface area contributed by atoms with Crippen molar-refractivity contribution in [3.8, 4) is 39.5 Å². The van der Waals surface area contributed by atoms with Gasteiger partial charge in [-0.25, -0.2) is 13.8 Å². The van der Waals surface area contributed by atoms with Crippen molar-refractivity contribution in [1.29, 1.82) is 0 Å². The number of nitrogens with zero attached hydrogens (tertiary/aromatic N) is 4. The number of ether oxygens (including phenoxy) is 1. The Labute approximate surface area is 275 Å². The molecule has 0 fully saturated rings. The van der Waals surface area contributed by atoms with Crippen LogP contribution in [0.25, 0.3) is 43.9 Å². The number of hydrogen-bond acceptors (Lipinski definition) is 8. The van der Waals surface area contributed by atoms with Crippen molar-refractivity contribution in [3.63, 3.8) is 0 Å². The molecule has 4 aromatic heterocycles. The number of alkyl halides is 3. The van der Waals surface area contributed by atoms with Gasteiger partial charge in [-0.3, -0.25) is 19.8 Å². The molecule has 9 nitrogen and oxygen atoms in total. The van der Waals surface area contributed by atoms with E-state index in [1.807, 2.05) is 0 Å². The van der Waals surface area contributed by atoms with Gasteiger partial charge in [0.1, 0.15) is 35.4 Å². The average molecular weight is 685 g/mol. The Morgan fingerprint density at radius 3 is 2.79 bits per heavy atom. The number of carbonyl (C=O) groups is 1. The normalized spacial score (nSPS) is 14.1. The van der Waals surface area contributed by atoms with Gasteiger partial charge < -0.3 is 15.2 Å². The second-order valence-corrected chi connectivity index (χ2v) is 12.1. The predicted octanol–water partition coefficient (Wildman–Crippen LogP) is 6.35. The molecule has 1 aromatic carbocycles. The molecule has 1 atom stereocenters. The van der Waals surface area contributed by atoms with Crippen LogP contribution in [0, 0.1) is 11.6 Å². The van der Waals surface area contributed by atoms with Gasteiger partial charge in [0.2, 0.25) is 5.91 Å². The Kier molecular flexibility index (Phi) is 9.27. The predicted molar refractivity (Wildman–Crippen MR) is 170 cm³/mol. The van der Waals surface area contributed by atoms with Crippen LogP contribution in [0.15, 0.2) is 54.6 Å². The summed E-state index contributed by atoms with van der Waals surface area (Å²) in [6.45, 7) is 3.79. The fraction of sp³-hybridized carbons (Fsp3) is 0.273. The lowest BCUT2D eigenvalue weighted by Crippen LogP contribution is -2.38. The highest BCUT2D eigenvalue weighted by Gasteiger charge is 2.33. The molecule has 5 heterocycles. The largest absolute Gasteiger partial charge is 0.490 e. The SMILES string of the molecule is C=CC(=O)NC(C)c1cc(-c2nc(-c3cnc4c(c3)CN(CC(F)(F)F)CC4)c3ccsc3c2-c2c(F)cc(F)cc2OCCO)n[nH]1. The van der Waals surface area contributed by atoms with Gasteiger partial charge in [-0.1, -0.05) is 6.58 Å². The number of amides is 1. The fourth-order valence-electron chi connectivity index (χ4n) is 5.76. The highest BCUT2D eigenvalue weighted by molar-refractivity contribution is 7.18. The van der Waals surface area contributed by atoms with Crippen molar-refractivity contribution in [2.75, 3.05) is 26.3 Å². The molecule has 0 radical (unpaired) electrons. The molecule has 1 aliphatic heterocycles. The van der Waals surface area contributed by atoms with Crippen molar-refractivity contribution in [3.05, 3.63) is 83.1 Å². The van der Waals surface area contributed by atoms with Gasteiger partial charge in [0.05, 0.1) is 36.1 Å². The Bertz CT molecular complexity index is 2010. The zero-order chi connectivity index (χ0) is 34.2. The smallest absolute Gasteiger partial charge is 0.401 e. The lowest BCUT2D eigenvalue weighted by molar-refractivity contribution is -0.147. The number of aliphatic hydroxyl groups excluding tert-OH is 1. The zero-order valence-electron chi connectivity index (χ0n) is 25.5. The van der Waals surface area contributed by atoms with Gasteiger partial charge in [0.25, 0.3) is 0 Å². The molecule has 3 N–H and O–H groups in total. The van der Waals surface area contributed by atoms with Crippen LogP contribution in [-0.4, -0.2) is 68.6 Å². The number of halogens is 5. The molecule has 6 rings (SSSR count). The number of thiophene rings is 1. The van der Waals surface area contributed by atoms with Crippen molar-refractivity contribution in [2.24, 2.45) is 0 Å². The van der Waals surface area contributed by atoms with E-state index in [9.17, 15) is 27.5 Å². The number of aromatic amines is 1. The highest BCUT2D eigenvalue weighted by atomic mass is 32.1. The van der Waals surface area contributed by atoms with Crippen LogP contribution in [0.2, 0.25) is 0 Å². The topological polar surface area (TPSA) is 116 Å². The van der Waals surface area contributed by atoms with Crippen molar-refractivity contribution in [1.82, 2.24) is 30.4 Å². The molecular formula is C33H29F5N6O3S. The summed E-state index contributed by atoms with van der Waals surface area (Å²) < 4.78 is 76.1. The van der Waals surface area contributed by atoms with E-state index in [1.165, 1.54) is 16.2 Å². The van der Waals surface area contributed by atoms with Gasteiger partial charge in [-0.2, -0.15) is 18.3 Å². The van der Waals surface area contributed by atoms with Crippen LogP contribution in [0.3, 0.4) is 0 Å². The second-order valence-electron chi connectivity index (χ2n) is 11.2. The third-order valence-electron chi connectivity index (χ3n) is 7.87. The first kappa shape index (κ1) is 33.2. The molecule has 48 heavy (non-hydrogen) atoms. The van der Waals surface area contributed by atoms with Crippen molar-refractivity contribution >= 4 is 27.3 Å². The van der Waals surface area contributed by atoms with E-state index in [0.29, 0.717) is 44.7 Å². The summed E-state index contributed by atoms with van der Waals surface area (Å²) >= 11 is 1.27. The van der Waals surface area contributed by atoms with Crippen LogP contribution < -0.4 is 10.1 Å². The minimum absolute atomic E-state index is 0.0524. The number of nitrogens with one attached hydrogen (secondary N) is 2. The first-order valence-electron chi connectivity index (χ1n) is 14.9.